The molecule has 15 heavy (non-hydrogen) atoms. The van der Waals surface area contributed by atoms with Gasteiger partial charge in [-0.25, -0.2) is 0 Å². The van der Waals surface area contributed by atoms with Gasteiger partial charge in [0.05, 0.1) is 6.26 Å². The molecule has 0 saturated carbocycles. The molecule has 1 nitrogen and oxygen atoms in total. The van der Waals surface area contributed by atoms with Crippen molar-refractivity contribution < 1.29 is 4.74 Å². The largest absolute Gasteiger partial charge is 0.465 e. The minimum Gasteiger partial charge on any atom is -0.465 e. The quantitative estimate of drug-likeness (QED) is 0.679. The highest BCUT2D eigenvalue weighted by Gasteiger charge is 2.00. The summed E-state index contributed by atoms with van der Waals surface area (Å²) >= 11 is 0. The van der Waals surface area contributed by atoms with Crippen molar-refractivity contribution in [1.29, 1.82) is 0 Å². The average molecular weight is 198 g/mol. The van der Waals surface area contributed by atoms with E-state index in [2.05, 4.69) is 37.8 Å². The monoisotopic (exact) mass is 198 g/mol. The first-order valence-electron chi connectivity index (χ1n) is 5.14. The van der Waals surface area contributed by atoms with Gasteiger partial charge in [0, 0.05) is 5.39 Å². The molecular formula is C14H14O. The molecule has 2 aromatic carbocycles. The number of hydrogen-bond donors (Lipinski definition) is 0. The molecule has 0 aliphatic rings. The molecule has 0 bridgehead atoms. The molecular weight excluding hydrogens is 184 g/mol. The lowest BCUT2D eigenvalue weighted by Gasteiger charge is -2.06. The van der Waals surface area contributed by atoms with E-state index in [-0.39, 0.29) is 0 Å². The van der Waals surface area contributed by atoms with Crippen molar-refractivity contribution in [1.82, 2.24) is 0 Å². The average Bonchev–Trinajstić information content (AvgIpc) is 2.29. The van der Waals surface area contributed by atoms with Crippen LogP contribution in [0, 0.1) is 0 Å². The van der Waals surface area contributed by atoms with E-state index in [1.807, 2.05) is 12.1 Å². The molecule has 2 aromatic rings. The number of aryl methyl sites for hydroxylation is 1. The summed E-state index contributed by atoms with van der Waals surface area (Å²) in [6, 6.07) is 12.5. The van der Waals surface area contributed by atoms with Crippen LogP contribution in [0.2, 0.25) is 0 Å². The van der Waals surface area contributed by atoms with Gasteiger partial charge < -0.3 is 4.74 Å². The number of ether oxygens (including phenoxy) is 1. The summed E-state index contributed by atoms with van der Waals surface area (Å²) in [7, 11) is 0. The second-order valence-corrected chi connectivity index (χ2v) is 3.45. The molecule has 0 amide bonds. The molecule has 0 aromatic heterocycles. The molecule has 76 valence electrons. The molecule has 0 heterocycles. The predicted octanol–water partition coefficient (Wildman–Crippen LogP) is 3.92. The van der Waals surface area contributed by atoms with Crippen molar-refractivity contribution in [3.05, 3.63) is 54.8 Å². The lowest BCUT2D eigenvalue weighted by Crippen LogP contribution is -1.85. The lowest BCUT2D eigenvalue weighted by molar-refractivity contribution is 0.489. The van der Waals surface area contributed by atoms with Crippen molar-refractivity contribution in [3.63, 3.8) is 0 Å². The zero-order chi connectivity index (χ0) is 10.7. The SMILES string of the molecule is C=COc1cccc2cc(CC)ccc12. The molecule has 0 radical (unpaired) electrons. The fraction of sp³-hybridized carbons (Fsp3) is 0.143. The van der Waals surface area contributed by atoms with Crippen LogP contribution < -0.4 is 4.74 Å². The molecule has 0 N–H and O–H groups in total. The second-order valence-electron chi connectivity index (χ2n) is 3.45. The van der Waals surface area contributed by atoms with Crippen LogP contribution in [0.4, 0.5) is 0 Å². The number of benzene rings is 2. The summed E-state index contributed by atoms with van der Waals surface area (Å²) in [6.45, 7) is 5.73. The van der Waals surface area contributed by atoms with Gasteiger partial charge in [0.25, 0.3) is 0 Å². The maximum absolute atomic E-state index is 5.36. The molecule has 0 fully saturated rings. The Morgan fingerprint density at radius 3 is 2.87 bits per heavy atom. The Morgan fingerprint density at radius 2 is 2.13 bits per heavy atom. The number of rotatable bonds is 3. The van der Waals surface area contributed by atoms with E-state index in [1.54, 1.807) is 0 Å². The summed E-state index contributed by atoms with van der Waals surface area (Å²) < 4.78 is 5.36. The summed E-state index contributed by atoms with van der Waals surface area (Å²) in [5, 5.41) is 2.35. The Kier molecular flexibility index (Phi) is 2.72. The normalized spacial score (nSPS) is 10.2. The van der Waals surface area contributed by atoms with Crippen molar-refractivity contribution in [2.75, 3.05) is 0 Å². The van der Waals surface area contributed by atoms with E-state index >= 15 is 0 Å². The van der Waals surface area contributed by atoms with Gasteiger partial charge in [-0.15, -0.1) is 0 Å². The highest BCUT2D eigenvalue weighted by molar-refractivity contribution is 5.88. The molecule has 0 aliphatic heterocycles. The van der Waals surface area contributed by atoms with E-state index in [4.69, 9.17) is 4.74 Å². The molecule has 0 unspecified atom stereocenters. The van der Waals surface area contributed by atoms with Gasteiger partial charge >= 0.3 is 0 Å². The van der Waals surface area contributed by atoms with Crippen molar-refractivity contribution in [2.45, 2.75) is 13.3 Å². The Labute approximate surface area is 90.0 Å². The van der Waals surface area contributed by atoms with Gasteiger partial charge in [-0.2, -0.15) is 0 Å². The van der Waals surface area contributed by atoms with Gasteiger partial charge in [-0.3, -0.25) is 0 Å². The van der Waals surface area contributed by atoms with E-state index in [0.717, 1.165) is 17.6 Å². The van der Waals surface area contributed by atoms with Gasteiger partial charge in [0.1, 0.15) is 5.75 Å². The molecule has 0 saturated heterocycles. The third kappa shape index (κ3) is 1.86. The standard InChI is InChI=1S/C14H14O/c1-3-11-8-9-13-12(10-11)6-5-7-14(13)15-4-2/h4-10H,2-3H2,1H3. The predicted molar refractivity (Wildman–Crippen MR) is 64.2 cm³/mol. The molecule has 2 rings (SSSR count). The van der Waals surface area contributed by atoms with Crippen LogP contribution in [0.3, 0.4) is 0 Å². The second kappa shape index (κ2) is 4.18. The highest BCUT2D eigenvalue weighted by atomic mass is 16.5. The van der Waals surface area contributed by atoms with Gasteiger partial charge in [-0.05, 0) is 23.4 Å². The van der Waals surface area contributed by atoms with Crippen molar-refractivity contribution in [2.24, 2.45) is 0 Å². The van der Waals surface area contributed by atoms with Crippen molar-refractivity contribution in [3.8, 4) is 5.75 Å². The van der Waals surface area contributed by atoms with Crippen LogP contribution in [0.5, 0.6) is 5.75 Å². The first-order chi connectivity index (χ1) is 7.35. The Morgan fingerprint density at radius 1 is 1.27 bits per heavy atom. The third-order valence-corrected chi connectivity index (χ3v) is 2.52. The maximum atomic E-state index is 5.36. The molecule has 0 atom stereocenters. The van der Waals surface area contributed by atoms with Crippen LogP contribution in [-0.4, -0.2) is 0 Å². The maximum Gasteiger partial charge on any atom is 0.134 e. The molecule has 0 aliphatic carbocycles. The zero-order valence-corrected chi connectivity index (χ0v) is 8.86. The Balaban J connectivity index is 2.61. The van der Waals surface area contributed by atoms with E-state index in [0.29, 0.717) is 0 Å². The Bertz CT molecular complexity index is 486. The summed E-state index contributed by atoms with van der Waals surface area (Å²) in [6.07, 6.45) is 2.52. The lowest BCUT2D eigenvalue weighted by atomic mass is 10.1. The summed E-state index contributed by atoms with van der Waals surface area (Å²) in [4.78, 5) is 0. The van der Waals surface area contributed by atoms with Gasteiger partial charge in [-0.1, -0.05) is 43.8 Å². The summed E-state index contributed by atoms with van der Waals surface area (Å²) in [5.74, 6) is 0.866. The van der Waals surface area contributed by atoms with Gasteiger partial charge in [0.2, 0.25) is 0 Å². The minimum atomic E-state index is 0.866. The zero-order valence-electron chi connectivity index (χ0n) is 8.86. The fourth-order valence-electron chi connectivity index (χ4n) is 1.72. The molecule has 0 spiro atoms. The number of hydrogen-bond acceptors (Lipinski definition) is 1. The van der Waals surface area contributed by atoms with Crippen LogP contribution in [-0.2, 0) is 6.42 Å². The van der Waals surface area contributed by atoms with E-state index in [1.165, 1.54) is 17.2 Å². The van der Waals surface area contributed by atoms with Crippen LogP contribution in [0.1, 0.15) is 12.5 Å². The third-order valence-electron chi connectivity index (χ3n) is 2.52. The molecule has 1 heteroatoms. The first-order valence-corrected chi connectivity index (χ1v) is 5.14. The highest BCUT2D eigenvalue weighted by Crippen LogP contribution is 2.26. The number of fused-ring (bicyclic) bond motifs is 1. The minimum absolute atomic E-state index is 0.866. The van der Waals surface area contributed by atoms with Crippen LogP contribution in [0.15, 0.2) is 49.2 Å². The van der Waals surface area contributed by atoms with Gasteiger partial charge in [0.15, 0.2) is 0 Å². The summed E-state index contributed by atoms with van der Waals surface area (Å²) in [5.41, 5.74) is 1.35. The van der Waals surface area contributed by atoms with E-state index in [9.17, 15) is 0 Å². The fourth-order valence-corrected chi connectivity index (χ4v) is 1.72. The topological polar surface area (TPSA) is 9.23 Å². The van der Waals surface area contributed by atoms with Crippen LogP contribution >= 0.6 is 0 Å². The first kappa shape index (κ1) is 9.78. The van der Waals surface area contributed by atoms with Crippen LogP contribution in [0.25, 0.3) is 10.8 Å². The Hall–Kier alpha value is -1.76. The van der Waals surface area contributed by atoms with Crippen molar-refractivity contribution >= 4 is 10.8 Å². The smallest absolute Gasteiger partial charge is 0.134 e. The van der Waals surface area contributed by atoms with E-state index < -0.39 is 0 Å².